The molecular weight excluding hydrogens is 382 g/mol. The molecule has 8 nitrogen and oxygen atoms in total. The summed E-state index contributed by atoms with van der Waals surface area (Å²) in [5.74, 6) is 0.306. The molecule has 0 radical (unpaired) electrons. The van der Waals surface area contributed by atoms with Crippen molar-refractivity contribution in [1.82, 2.24) is 4.98 Å². The summed E-state index contributed by atoms with van der Waals surface area (Å²) >= 11 is 7.14. The maximum atomic E-state index is 12.4. The highest BCUT2D eigenvalue weighted by atomic mass is 35.5. The number of hydrogen-bond acceptors (Lipinski definition) is 7. The Morgan fingerprint density at radius 1 is 1.23 bits per heavy atom. The molecule has 0 fully saturated rings. The number of carbonyl (C=O) groups is 1. The number of non-ortho nitro benzene ring substituents is 1. The number of aromatic nitrogens is 1. The second kappa shape index (κ2) is 7.14. The Labute approximate surface area is 156 Å². The lowest BCUT2D eigenvalue weighted by molar-refractivity contribution is -0.384. The molecule has 0 aliphatic carbocycles. The maximum absolute atomic E-state index is 12.4. The number of ether oxygens (including phenoxy) is 2. The van der Waals surface area contributed by atoms with Crippen LogP contribution in [-0.4, -0.2) is 30.0 Å². The molecule has 10 heteroatoms. The second-order valence-electron chi connectivity index (χ2n) is 5.07. The second-order valence-corrected chi connectivity index (χ2v) is 6.51. The van der Waals surface area contributed by atoms with Gasteiger partial charge in [-0.3, -0.25) is 20.2 Å². The van der Waals surface area contributed by atoms with Gasteiger partial charge >= 0.3 is 0 Å². The normalized spacial score (nSPS) is 10.6. The first-order chi connectivity index (χ1) is 12.4. The topological polar surface area (TPSA) is 104 Å². The smallest absolute Gasteiger partial charge is 0.274 e. The molecule has 1 heterocycles. The highest BCUT2D eigenvalue weighted by molar-refractivity contribution is 7.22. The minimum atomic E-state index is -0.515. The summed E-state index contributed by atoms with van der Waals surface area (Å²) in [6, 6.07) is 7.31. The zero-order chi connectivity index (χ0) is 18.8. The molecule has 0 bridgehead atoms. The van der Waals surface area contributed by atoms with Crippen molar-refractivity contribution in [3.05, 3.63) is 51.0 Å². The van der Waals surface area contributed by atoms with Gasteiger partial charge in [-0.1, -0.05) is 22.9 Å². The van der Waals surface area contributed by atoms with Crippen LogP contribution in [0.15, 0.2) is 30.3 Å². The van der Waals surface area contributed by atoms with Gasteiger partial charge in [-0.15, -0.1) is 0 Å². The van der Waals surface area contributed by atoms with Crippen molar-refractivity contribution in [2.45, 2.75) is 0 Å². The molecule has 0 spiro atoms. The highest BCUT2D eigenvalue weighted by Crippen LogP contribution is 2.36. The fourth-order valence-corrected chi connectivity index (χ4v) is 3.45. The summed E-state index contributed by atoms with van der Waals surface area (Å²) in [5, 5.41) is 14.3. The van der Waals surface area contributed by atoms with Crippen LogP contribution in [0, 0.1) is 10.1 Å². The average Bonchev–Trinajstić information content (AvgIpc) is 3.02. The van der Waals surface area contributed by atoms with Gasteiger partial charge in [0.15, 0.2) is 10.9 Å². The highest BCUT2D eigenvalue weighted by Gasteiger charge is 2.18. The van der Waals surface area contributed by atoms with Crippen LogP contribution in [0.5, 0.6) is 11.5 Å². The fourth-order valence-electron chi connectivity index (χ4n) is 2.28. The summed E-state index contributed by atoms with van der Waals surface area (Å²) in [4.78, 5) is 27.2. The number of nitrogens with zero attached hydrogens (tertiary/aromatic N) is 2. The number of nitro groups is 1. The molecule has 1 aromatic heterocycles. The number of carbonyl (C=O) groups excluding carboxylic acids is 1. The number of anilines is 1. The first-order valence-electron chi connectivity index (χ1n) is 7.20. The standard InChI is InChI=1S/C16H12ClN3O5S/c1-24-11-4-3-8(5-10(11)17)15(21)19-16-18-14-12(25-2)6-9(20(22)23)7-13(14)26-16/h3-7H,1-2H3,(H,18,19,21). The quantitative estimate of drug-likeness (QED) is 0.516. The Kier molecular flexibility index (Phi) is 4.92. The number of amides is 1. The Morgan fingerprint density at radius 2 is 1.96 bits per heavy atom. The predicted octanol–water partition coefficient (Wildman–Crippen LogP) is 4.13. The van der Waals surface area contributed by atoms with E-state index in [-0.39, 0.29) is 16.6 Å². The van der Waals surface area contributed by atoms with Crippen LogP contribution in [0.3, 0.4) is 0 Å². The lowest BCUT2D eigenvalue weighted by Crippen LogP contribution is -2.11. The van der Waals surface area contributed by atoms with Gasteiger partial charge < -0.3 is 9.47 Å². The van der Waals surface area contributed by atoms with Crippen molar-refractivity contribution in [3.8, 4) is 11.5 Å². The molecule has 3 aromatic rings. The molecule has 0 saturated heterocycles. The average molecular weight is 394 g/mol. The summed E-state index contributed by atoms with van der Waals surface area (Å²) in [6.45, 7) is 0. The van der Waals surface area contributed by atoms with E-state index in [1.165, 1.54) is 32.4 Å². The molecular formula is C16H12ClN3O5S. The maximum Gasteiger partial charge on any atom is 0.274 e. The minimum absolute atomic E-state index is 0.113. The van der Waals surface area contributed by atoms with Gasteiger partial charge in [0.1, 0.15) is 11.3 Å². The van der Waals surface area contributed by atoms with E-state index in [2.05, 4.69) is 10.3 Å². The largest absolute Gasteiger partial charge is 0.495 e. The number of fused-ring (bicyclic) bond motifs is 1. The minimum Gasteiger partial charge on any atom is -0.495 e. The Bertz CT molecular complexity index is 1020. The van der Waals surface area contributed by atoms with Crippen LogP contribution in [0.1, 0.15) is 10.4 Å². The van der Waals surface area contributed by atoms with Crippen LogP contribution in [0.2, 0.25) is 5.02 Å². The number of thiazole rings is 1. The number of methoxy groups -OCH3 is 2. The van der Waals surface area contributed by atoms with Gasteiger partial charge in [0.2, 0.25) is 0 Å². The van der Waals surface area contributed by atoms with Crippen LogP contribution in [0.25, 0.3) is 10.2 Å². The third kappa shape index (κ3) is 3.39. The number of rotatable bonds is 5. The third-order valence-electron chi connectivity index (χ3n) is 3.51. The summed E-state index contributed by atoms with van der Waals surface area (Å²) < 4.78 is 10.7. The number of benzene rings is 2. The van der Waals surface area contributed by atoms with E-state index < -0.39 is 10.8 Å². The van der Waals surface area contributed by atoms with E-state index in [0.29, 0.717) is 26.6 Å². The summed E-state index contributed by atoms with van der Waals surface area (Å²) in [5.41, 5.74) is 0.650. The van der Waals surface area contributed by atoms with E-state index in [0.717, 1.165) is 11.3 Å². The summed E-state index contributed by atoms with van der Waals surface area (Å²) in [6.07, 6.45) is 0. The van der Waals surface area contributed by atoms with Crippen molar-refractivity contribution in [2.75, 3.05) is 19.5 Å². The van der Waals surface area contributed by atoms with Gasteiger partial charge in [0.25, 0.3) is 11.6 Å². The van der Waals surface area contributed by atoms with E-state index in [1.54, 1.807) is 12.1 Å². The number of hydrogen-bond donors (Lipinski definition) is 1. The van der Waals surface area contributed by atoms with Crippen LogP contribution in [-0.2, 0) is 0 Å². The molecule has 1 N–H and O–H groups in total. The number of nitrogens with one attached hydrogen (secondary N) is 1. The number of nitro benzene ring substituents is 1. The van der Waals surface area contributed by atoms with Crippen LogP contribution in [0.4, 0.5) is 10.8 Å². The van der Waals surface area contributed by atoms with E-state index in [4.69, 9.17) is 21.1 Å². The third-order valence-corrected chi connectivity index (χ3v) is 4.72. The van der Waals surface area contributed by atoms with Crippen molar-refractivity contribution in [3.63, 3.8) is 0 Å². The van der Waals surface area contributed by atoms with Gasteiger partial charge in [-0.2, -0.15) is 0 Å². The van der Waals surface area contributed by atoms with E-state index >= 15 is 0 Å². The Hall–Kier alpha value is -2.91. The monoisotopic (exact) mass is 393 g/mol. The van der Waals surface area contributed by atoms with Gasteiger partial charge in [0.05, 0.1) is 34.9 Å². The van der Waals surface area contributed by atoms with Crippen molar-refractivity contribution in [1.29, 1.82) is 0 Å². The molecule has 0 unspecified atom stereocenters. The fraction of sp³-hybridized carbons (Fsp3) is 0.125. The SMILES string of the molecule is COc1ccc(C(=O)Nc2nc3c(OC)cc([N+](=O)[O-])cc3s2)cc1Cl. The molecule has 0 saturated carbocycles. The zero-order valence-electron chi connectivity index (χ0n) is 13.6. The van der Waals surface area contributed by atoms with Crippen LogP contribution < -0.4 is 14.8 Å². The van der Waals surface area contributed by atoms with Crippen molar-refractivity contribution in [2.24, 2.45) is 0 Å². The zero-order valence-corrected chi connectivity index (χ0v) is 15.2. The molecule has 3 rings (SSSR count). The van der Waals surface area contributed by atoms with Crippen LogP contribution >= 0.6 is 22.9 Å². The van der Waals surface area contributed by atoms with Crippen molar-refractivity contribution < 1.29 is 19.2 Å². The first kappa shape index (κ1) is 17.9. The molecule has 0 aliphatic rings. The first-order valence-corrected chi connectivity index (χ1v) is 8.40. The molecule has 134 valence electrons. The molecule has 0 atom stereocenters. The lowest BCUT2D eigenvalue weighted by Gasteiger charge is -2.05. The van der Waals surface area contributed by atoms with Gasteiger partial charge in [-0.25, -0.2) is 4.98 Å². The van der Waals surface area contributed by atoms with Gasteiger partial charge in [0, 0.05) is 11.6 Å². The molecule has 1 amide bonds. The van der Waals surface area contributed by atoms with Crippen molar-refractivity contribution >= 4 is 49.9 Å². The molecule has 2 aromatic carbocycles. The van der Waals surface area contributed by atoms with E-state index in [1.807, 2.05) is 0 Å². The lowest BCUT2D eigenvalue weighted by atomic mass is 10.2. The molecule has 0 aliphatic heterocycles. The Balaban J connectivity index is 1.92. The molecule has 26 heavy (non-hydrogen) atoms. The Morgan fingerprint density at radius 3 is 2.58 bits per heavy atom. The predicted molar refractivity (Wildman–Crippen MR) is 98.8 cm³/mol. The van der Waals surface area contributed by atoms with Gasteiger partial charge in [-0.05, 0) is 18.2 Å². The van der Waals surface area contributed by atoms with E-state index in [9.17, 15) is 14.9 Å². The number of halogens is 1. The summed E-state index contributed by atoms with van der Waals surface area (Å²) in [7, 11) is 2.88.